The van der Waals surface area contributed by atoms with Gasteiger partial charge < -0.3 is 4.74 Å². The molecule has 0 saturated heterocycles. The van der Waals surface area contributed by atoms with Crippen molar-refractivity contribution in [2.75, 3.05) is 0 Å². The summed E-state index contributed by atoms with van der Waals surface area (Å²) >= 11 is 0. The molecule has 0 unspecified atom stereocenters. The second kappa shape index (κ2) is 12.0. The van der Waals surface area contributed by atoms with Crippen molar-refractivity contribution < 1.29 is 9.53 Å². The minimum Gasteiger partial charge on any atom is -0.435 e. The fourth-order valence-corrected chi connectivity index (χ4v) is 2.04. The maximum Gasteiger partial charge on any atom is 0.315 e. The van der Waals surface area contributed by atoms with E-state index < -0.39 is 0 Å². The molecule has 0 fully saturated rings. The highest BCUT2D eigenvalue weighted by molar-refractivity contribution is 5.73. The average Bonchev–Trinajstić information content (AvgIpc) is 2.50. The van der Waals surface area contributed by atoms with Crippen LogP contribution >= 0.6 is 0 Å². The number of carbonyl (C=O) groups excluding carboxylic acids is 1. The summed E-state index contributed by atoms with van der Waals surface area (Å²) in [6, 6.07) is 9.65. The van der Waals surface area contributed by atoms with E-state index in [1.165, 1.54) is 31.9 Å². The largest absolute Gasteiger partial charge is 0.435 e. The van der Waals surface area contributed by atoms with Crippen LogP contribution in [0.5, 0.6) is 0 Å². The maximum absolute atomic E-state index is 11.6. The molecule has 0 saturated carbocycles. The summed E-state index contributed by atoms with van der Waals surface area (Å²) in [6.45, 7) is 2.06. The van der Waals surface area contributed by atoms with Gasteiger partial charge in [0, 0.05) is 0 Å². The number of rotatable bonds is 10. The van der Waals surface area contributed by atoms with Crippen molar-refractivity contribution >= 4 is 5.97 Å². The van der Waals surface area contributed by atoms with E-state index in [1.807, 2.05) is 36.4 Å². The van der Waals surface area contributed by atoms with Crippen LogP contribution in [0.4, 0.5) is 0 Å². The molecule has 21 heavy (non-hydrogen) atoms. The van der Waals surface area contributed by atoms with Gasteiger partial charge in [0.05, 0.1) is 12.7 Å². The third-order valence-corrected chi connectivity index (χ3v) is 3.21. The summed E-state index contributed by atoms with van der Waals surface area (Å²) in [6.07, 6.45) is 15.2. The van der Waals surface area contributed by atoms with E-state index in [2.05, 4.69) is 19.1 Å². The molecule has 0 aliphatic carbocycles. The van der Waals surface area contributed by atoms with E-state index in [4.69, 9.17) is 4.74 Å². The molecule has 0 radical (unpaired) electrons. The first-order valence-electron chi connectivity index (χ1n) is 7.82. The highest BCUT2D eigenvalue weighted by atomic mass is 16.5. The number of benzene rings is 1. The van der Waals surface area contributed by atoms with E-state index in [0.29, 0.717) is 6.42 Å². The minimum atomic E-state index is -0.205. The number of allylic oxidation sites excluding steroid dienone is 3. The Morgan fingerprint density at radius 3 is 2.33 bits per heavy atom. The van der Waals surface area contributed by atoms with Gasteiger partial charge in [0.25, 0.3) is 0 Å². The minimum absolute atomic E-state index is 0.205. The number of esters is 1. The van der Waals surface area contributed by atoms with Crippen LogP contribution in [0.1, 0.15) is 51.0 Å². The first-order valence-corrected chi connectivity index (χ1v) is 7.82. The average molecular weight is 286 g/mol. The maximum atomic E-state index is 11.6. The van der Waals surface area contributed by atoms with E-state index >= 15 is 0 Å². The standard InChI is InChI=1S/C19H26O2/c1-2-3-4-5-6-7-8-9-13-16-21-19(20)17-18-14-11-10-12-15-18/h2-3,10-16H,4-9,17H2,1H3/b3-2+,16-13+. The lowest BCUT2D eigenvalue weighted by atomic mass is 10.1. The van der Waals surface area contributed by atoms with Crippen molar-refractivity contribution in [3.63, 3.8) is 0 Å². The lowest BCUT2D eigenvalue weighted by Crippen LogP contribution is -2.03. The van der Waals surface area contributed by atoms with Gasteiger partial charge in [0.15, 0.2) is 0 Å². The Bertz CT molecular complexity index is 432. The Morgan fingerprint density at radius 1 is 1.00 bits per heavy atom. The molecule has 0 aliphatic rings. The van der Waals surface area contributed by atoms with Crippen LogP contribution < -0.4 is 0 Å². The molecule has 1 rings (SSSR count). The van der Waals surface area contributed by atoms with Crippen LogP contribution in [-0.2, 0) is 16.0 Å². The van der Waals surface area contributed by atoms with Crippen LogP contribution in [-0.4, -0.2) is 5.97 Å². The Kier molecular flexibility index (Phi) is 9.80. The van der Waals surface area contributed by atoms with E-state index in [9.17, 15) is 4.79 Å². The number of unbranched alkanes of at least 4 members (excludes halogenated alkanes) is 5. The third-order valence-electron chi connectivity index (χ3n) is 3.21. The molecule has 0 aromatic heterocycles. The molecule has 0 spiro atoms. The zero-order chi connectivity index (χ0) is 15.2. The molecule has 0 aliphatic heterocycles. The van der Waals surface area contributed by atoms with Crippen molar-refractivity contribution in [3.8, 4) is 0 Å². The van der Waals surface area contributed by atoms with Crippen LogP contribution in [0.15, 0.2) is 54.8 Å². The number of hydrogen-bond donors (Lipinski definition) is 0. The SMILES string of the molecule is C/C=C/CCCCCC/C=C/OC(=O)Cc1ccccc1. The molecule has 1 aromatic carbocycles. The van der Waals surface area contributed by atoms with Gasteiger partial charge in [-0.1, -0.05) is 55.3 Å². The lowest BCUT2D eigenvalue weighted by molar-refractivity contribution is -0.137. The first kappa shape index (κ1) is 17.2. The van der Waals surface area contributed by atoms with Crippen molar-refractivity contribution in [3.05, 3.63) is 60.4 Å². The molecular weight excluding hydrogens is 260 g/mol. The fourth-order valence-electron chi connectivity index (χ4n) is 2.04. The van der Waals surface area contributed by atoms with E-state index in [1.54, 1.807) is 0 Å². The molecule has 0 atom stereocenters. The van der Waals surface area contributed by atoms with Crippen LogP contribution in [0.3, 0.4) is 0 Å². The van der Waals surface area contributed by atoms with Crippen molar-refractivity contribution in [1.82, 2.24) is 0 Å². The highest BCUT2D eigenvalue weighted by Crippen LogP contribution is 2.06. The molecule has 0 bridgehead atoms. The van der Waals surface area contributed by atoms with Crippen LogP contribution in [0.25, 0.3) is 0 Å². The molecule has 114 valence electrons. The van der Waals surface area contributed by atoms with Gasteiger partial charge in [-0.15, -0.1) is 0 Å². The molecular formula is C19H26O2. The second-order valence-electron chi connectivity index (χ2n) is 5.08. The summed E-state index contributed by atoms with van der Waals surface area (Å²) in [5.74, 6) is -0.205. The monoisotopic (exact) mass is 286 g/mol. The summed E-state index contributed by atoms with van der Waals surface area (Å²) in [5, 5.41) is 0. The predicted octanol–water partition coefficient (Wildman–Crippen LogP) is 5.20. The van der Waals surface area contributed by atoms with Crippen molar-refractivity contribution in [2.24, 2.45) is 0 Å². The van der Waals surface area contributed by atoms with Gasteiger partial charge in [0.2, 0.25) is 0 Å². The smallest absolute Gasteiger partial charge is 0.315 e. The van der Waals surface area contributed by atoms with Crippen LogP contribution in [0, 0.1) is 0 Å². The normalized spacial score (nSPS) is 11.3. The molecule has 1 aromatic rings. The first-order chi connectivity index (χ1) is 10.3. The number of hydrogen-bond acceptors (Lipinski definition) is 2. The number of ether oxygens (including phenoxy) is 1. The zero-order valence-electron chi connectivity index (χ0n) is 13.0. The third kappa shape index (κ3) is 9.67. The fraction of sp³-hybridized carbons (Fsp3) is 0.421. The molecule has 0 N–H and O–H groups in total. The Labute approximate surface area is 128 Å². The number of carbonyl (C=O) groups is 1. The second-order valence-corrected chi connectivity index (χ2v) is 5.08. The van der Waals surface area contributed by atoms with E-state index in [-0.39, 0.29) is 5.97 Å². The zero-order valence-corrected chi connectivity index (χ0v) is 13.0. The van der Waals surface area contributed by atoms with Crippen LogP contribution in [0.2, 0.25) is 0 Å². The summed E-state index contributed by atoms with van der Waals surface area (Å²) in [5.41, 5.74) is 0.983. The van der Waals surface area contributed by atoms with Gasteiger partial charge in [0.1, 0.15) is 0 Å². The van der Waals surface area contributed by atoms with Gasteiger partial charge in [-0.25, -0.2) is 0 Å². The topological polar surface area (TPSA) is 26.3 Å². The van der Waals surface area contributed by atoms with Crippen molar-refractivity contribution in [2.45, 2.75) is 51.9 Å². The Balaban J connectivity index is 2.00. The van der Waals surface area contributed by atoms with Gasteiger partial charge in [-0.3, -0.25) is 4.79 Å². The Morgan fingerprint density at radius 2 is 1.67 bits per heavy atom. The Hall–Kier alpha value is -1.83. The summed E-state index contributed by atoms with van der Waals surface area (Å²) < 4.78 is 5.08. The van der Waals surface area contributed by atoms with Gasteiger partial charge in [-0.2, -0.15) is 0 Å². The van der Waals surface area contributed by atoms with Gasteiger partial charge >= 0.3 is 5.97 Å². The highest BCUT2D eigenvalue weighted by Gasteiger charge is 2.01. The lowest BCUT2D eigenvalue weighted by Gasteiger charge is -2.00. The quantitative estimate of drug-likeness (QED) is 0.256. The van der Waals surface area contributed by atoms with Crippen molar-refractivity contribution in [1.29, 1.82) is 0 Å². The molecule has 2 heteroatoms. The summed E-state index contributed by atoms with van der Waals surface area (Å²) in [7, 11) is 0. The summed E-state index contributed by atoms with van der Waals surface area (Å²) in [4.78, 5) is 11.6. The molecule has 2 nitrogen and oxygen atoms in total. The van der Waals surface area contributed by atoms with Gasteiger partial charge in [-0.05, 0) is 44.2 Å². The predicted molar refractivity (Wildman–Crippen MR) is 87.9 cm³/mol. The molecule has 0 amide bonds. The molecule has 0 heterocycles. The van der Waals surface area contributed by atoms with E-state index in [0.717, 1.165) is 18.4 Å².